The van der Waals surface area contributed by atoms with E-state index >= 15 is 0 Å². The van der Waals surface area contributed by atoms with Crippen LogP contribution in [0.1, 0.15) is 25.8 Å². The molecule has 0 saturated carbocycles. The van der Waals surface area contributed by atoms with Crippen molar-refractivity contribution >= 4 is 17.5 Å². The number of aromatic nitrogens is 3. The number of carbonyl (C=O) groups is 1. The summed E-state index contributed by atoms with van der Waals surface area (Å²) < 4.78 is 2.10. The number of Topliss-reactive ketones (excluding diaryl/α,β-unsaturated/α-hetero) is 1. The van der Waals surface area contributed by atoms with Gasteiger partial charge in [0, 0.05) is 24.3 Å². The van der Waals surface area contributed by atoms with Crippen LogP contribution in [-0.2, 0) is 11.3 Å². The molecule has 2 aromatic rings. The van der Waals surface area contributed by atoms with Crippen molar-refractivity contribution in [3.05, 3.63) is 29.8 Å². The fourth-order valence-corrected chi connectivity index (χ4v) is 3.03. The van der Waals surface area contributed by atoms with Gasteiger partial charge in [-0.2, -0.15) is 0 Å². The van der Waals surface area contributed by atoms with E-state index < -0.39 is 0 Å². The smallest absolute Gasteiger partial charge is 0.191 e. The Morgan fingerprint density at radius 1 is 1.30 bits per heavy atom. The zero-order valence-corrected chi connectivity index (χ0v) is 12.9. The van der Waals surface area contributed by atoms with Crippen molar-refractivity contribution in [2.24, 2.45) is 0 Å². The van der Waals surface area contributed by atoms with Gasteiger partial charge in [-0.25, -0.2) is 0 Å². The molecule has 0 radical (unpaired) electrons. The number of carbonyl (C=O) groups excluding carboxylic acids is 1. The van der Waals surface area contributed by atoms with E-state index in [2.05, 4.69) is 40.7 Å². The predicted octanol–water partition coefficient (Wildman–Crippen LogP) is 3.34. The summed E-state index contributed by atoms with van der Waals surface area (Å²) in [6, 6.07) is 8.18. The number of ketones is 1. The fraction of sp³-hybridized carbons (Fsp3) is 0.400. The number of hydrogen-bond donors (Lipinski definition) is 0. The molecular weight excluding hydrogens is 270 g/mol. The van der Waals surface area contributed by atoms with Gasteiger partial charge in [-0.15, -0.1) is 10.2 Å². The molecule has 0 unspecified atom stereocenters. The van der Waals surface area contributed by atoms with Gasteiger partial charge in [0.25, 0.3) is 0 Å². The van der Waals surface area contributed by atoms with Gasteiger partial charge in [0.2, 0.25) is 0 Å². The molecule has 4 nitrogen and oxygen atoms in total. The second kappa shape index (κ2) is 6.70. The maximum Gasteiger partial charge on any atom is 0.191 e. The summed E-state index contributed by atoms with van der Waals surface area (Å²) in [6.07, 6.45) is 0.570. The molecule has 0 amide bonds. The van der Waals surface area contributed by atoms with Crippen molar-refractivity contribution in [1.82, 2.24) is 14.8 Å². The molecule has 0 aliphatic heterocycles. The van der Waals surface area contributed by atoms with Crippen LogP contribution >= 0.6 is 11.8 Å². The average Bonchev–Trinajstić information content (AvgIpc) is 2.81. The Labute approximate surface area is 123 Å². The minimum atomic E-state index is 0.208. The minimum Gasteiger partial charge on any atom is -0.302 e. The first kappa shape index (κ1) is 14.8. The van der Waals surface area contributed by atoms with E-state index in [9.17, 15) is 4.79 Å². The Hall–Kier alpha value is -1.62. The number of rotatable bonds is 6. The maximum absolute atomic E-state index is 11.0. The zero-order valence-electron chi connectivity index (χ0n) is 12.1. The molecule has 0 saturated heterocycles. The van der Waals surface area contributed by atoms with Crippen LogP contribution in [0.3, 0.4) is 0 Å². The molecule has 20 heavy (non-hydrogen) atoms. The SMILES string of the molecule is CCn1c(SCCC(C)=O)nnc1-c1ccccc1C. The van der Waals surface area contributed by atoms with Gasteiger partial charge >= 0.3 is 0 Å². The van der Waals surface area contributed by atoms with Gasteiger partial charge in [0.15, 0.2) is 11.0 Å². The van der Waals surface area contributed by atoms with Crippen molar-refractivity contribution in [3.63, 3.8) is 0 Å². The highest BCUT2D eigenvalue weighted by molar-refractivity contribution is 7.99. The van der Waals surface area contributed by atoms with E-state index in [0.717, 1.165) is 28.8 Å². The summed E-state index contributed by atoms with van der Waals surface area (Å²) in [7, 11) is 0. The van der Waals surface area contributed by atoms with Gasteiger partial charge in [-0.1, -0.05) is 36.0 Å². The van der Waals surface area contributed by atoms with Crippen molar-refractivity contribution in [1.29, 1.82) is 0 Å². The zero-order chi connectivity index (χ0) is 14.5. The van der Waals surface area contributed by atoms with Gasteiger partial charge in [-0.05, 0) is 26.3 Å². The molecule has 0 atom stereocenters. The van der Waals surface area contributed by atoms with Crippen molar-refractivity contribution in [2.45, 2.75) is 38.9 Å². The predicted molar refractivity (Wildman–Crippen MR) is 81.9 cm³/mol. The standard InChI is InChI=1S/C15H19N3OS/c1-4-18-14(13-8-6-5-7-11(13)2)16-17-15(18)20-10-9-12(3)19/h5-8H,4,9-10H2,1-3H3. The molecule has 2 rings (SSSR count). The summed E-state index contributed by atoms with van der Waals surface area (Å²) in [4.78, 5) is 11.0. The van der Waals surface area contributed by atoms with Crippen LogP contribution in [0.15, 0.2) is 29.4 Å². The molecule has 1 aromatic carbocycles. The summed E-state index contributed by atoms with van der Waals surface area (Å²) in [5.41, 5.74) is 2.30. The van der Waals surface area contributed by atoms with E-state index in [0.29, 0.717) is 6.42 Å². The third kappa shape index (κ3) is 3.28. The lowest BCUT2D eigenvalue weighted by molar-refractivity contribution is -0.116. The highest BCUT2D eigenvalue weighted by Gasteiger charge is 2.14. The molecule has 0 bridgehead atoms. The van der Waals surface area contributed by atoms with Crippen molar-refractivity contribution in [3.8, 4) is 11.4 Å². The Bertz CT molecular complexity index is 607. The Morgan fingerprint density at radius 2 is 2.05 bits per heavy atom. The van der Waals surface area contributed by atoms with E-state index in [-0.39, 0.29) is 5.78 Å². The second-order valence-electron chi connectivity index (χ2n) is 4.67. The lowest BCUT2D eigenvalue weighted by atomic mass is 10.1. The largest absolute Gasteiger partial charge is 0.302 e. The first-order valence-electron chi connectivity index (χ1n) is 6.75. The normalized spacial score (nSPS) is 10.8. The third-order valence-corrected chi connectivity index (χ3v) is 4.07. The summed E-state index contributed by atoms with van der Waals surface area (Å²) >= 11 is 1.59. The summed E-state index contributed by atoms with van der Waals surface area (Å²) in [6.45, 7) is 6.59. The first-order valence-corrected chi connectivity index (χ1v) is 7.73. The van der Waals surface area contributed by atoms with E-state index in [1.54, 1.807) is 18.7 Å². The van der Waals surface area contributed by atoms with Gasteiger partial charge in [0.05, 0.1) is 0 Å². The molecule has 0 N–H and O–H groups in total. The summed E-state index contributed by atoms with van der Waals surface area (Å²) in [5.74, 6) is 1.86. The number of nitrogens with zero attached hydrogens (tertiary/aromatic N) is 3. The van der Waals surface area contributed by atoms with Crippen LogP contribution in [0.25, 0.3) is 11.4 Å². The number of aryl methyl sites for hydroxylation is 1. The molecule has 0 aliphatic carbocycles. The second-order valence-corrected chi connectivity index (χ2v) is 5.73. The van der Waals surface area contributed by atoms with E-state index in [1.807, 2.05) is 12.1 Å². The fourth-order valence-electron chi connectivity index (χ4n) is 1.99. The Balaban J connectivity index is 2.26. The number of hydrogen-bond acceptors (Lipinski definition) is 4. The van der Waals surface area contributed by atoms with Crippen molar-refractivity contribution < 1.29 is 4.79 Å². The first-order chi connectivity index (χ1) is 9.63. The molecule has 0 fully saturated rings. The number of thioether (sulfide) groups is 1. The maximum atomic E-state index is 11.0. The minimum absolute atomic E-state index is 0.208. The van der Waals surface area contributed by atoms with Crippen LogP contribution in [-0.4, -0.2) is 26.3 Å². The van der Waals surface area contributed by atoms with Gasteiger partial charge in [-0.3, -0.25) is 4.79 Å². The van der Waals surface area contributed by atoms with Gasteiger partial charge in [0.1, 0.15) is 5.78 Å². The van der Waals surface area contributed by atoms with E-state index in [4.69, 9.17) is 0 Å². The van der Waals surface area contributed by atoms with Crippen LogP contribution in [0.5, 0.6) is 0 Å². The molecule has 0 spiro atoms. The van der Waals surface area contributed by atoms with E-state index in [1.165, 1.54) is 5.56 Å². The summed E-state index contributed by atoms with van der Waals surface area (Å²) in [5, 5.41) is 9.47. The monoisotopic (exact) mass is 289 g/mol. The molecular formula is C15H19N3OS. The highest BCUT2D eigenvalue weighted by Crippen LogP contribution is 2.26. The lowest BCUT2D eigenvalue weighted by Gasteiger charge is -2.08. The lowest BCUT2D eigenvalue weighted by Crippen LogP contribution is -2.01. The molecule has 1 aromatic heterocycles. The van der Waals surface area contributed by atoms with Gasteiger partial charge < -0.3 is 4.57 Å². The van der Waals surface area contributed by atoms with Crippen LogP contribution < -0.4 is 0 Å². The van der Waals surface area contributed by atoms with Crippen LogP contribution in [0.4, 0.5) is 0 Å². The molecule has 106 valence electrons. The third-order valence-electron chi connectivity index (χ3n) is 3.10. The highest BCUT2D eigenvalue weighted by atomic mass is 32.2. The molecule has 0 aliphatic rings. The molecule has 1 heterocycles. The molecule has 5 heteroatoms. The van der Waals surface area contributed by atoms with Crippen LogP contribution in [0, 0.1) is 6.92 Å². The number of benzene rings is 1. The quantitative estimate of drug-likeness (QED) is 0.765. The average molecular weight is 289 g/mol. The topological polar surface area (TPSA) is 47.8 Å². The van der Waals surface area contributed by atoms with Crippen molar-refractivity contribution in [2.75, 3.05) is 5.75 Å². The Morgan fingerprint density at radius 3 is 2.70 bits per heavy atom. The van der Waals surface area contributed by atoms with Crippen LogP contribution in [0.2, 0.25) is 0 Å². The Kier molecular flexibility index (Phi) is 4.95.